The Morgan fingerprint density at radius 2 is 1.61 bits per heavy atom. The standard InChI is InChI=1S/C11H16O4.C8H10O5/c1-3-4-5-9(11(14)15)7-6-8(2)10(12)13;1-6(2-3-7(10)11)8(12)13-5-4-9/h7H,2-6H2,1H3,(H,12,13)(H,14,15);2-3,9H,1,4-5H2,(H,10,11). The third-order valence-electron chi connectivity index (χ3n) is 2.99. The molecule has 0 radical (unpaired) electrons. The van der Waals surface area contributed by atoms with Crippen LogP contribution in [0.1, 0.15) is 32.6 Å². The van der Waals surface area contributed by atoms with Crippen molar-refractivity contribution in [2.75, 3.05) is 13.2 Å². The number of carboxylic acids is 3. The maximum absolute atomic E-state index is 10.8. The number of allylic oxidation sites excluding steroid dienone is 1. The zero-order valence-corrected chi connectivity index (χ0v) is 15.7. The SMILES string of the molecule is C=C(C=CC(=O)O)C(=O)OCCO.C=C(CC=C(CCCC)C(=O)O)C(=O)O. The second kappa shape index (κ2) is 16.0. The molecule has 0 bridgehead atoms. The minimum atomic E-state index is -1.17. The van der Waals surface area contributed by atoms with Gasteiger partial charge in [0.15, 0.2) is 0 Å². The maximum atomic E-state index is 10.8. The number of ether oxygens (including phenoxy) is 1. The number of carbonyl (C=O) groups is 4. The third-order valence-corrected chi connectivity index (χ3v) is 2.99. The number of hydrogen-bond acceptors (Lipinski definition) is 6. The average molecular weight is 398 g/mol. The predicted molar refractivity (Wildman–Crippen MR) is 101 cm³/mol. The summed E-state index contributed by atoms with van der Waals surface area (Å²) in [6, 6.07) is 0. The number of aliphatic hydroxyl groups is 1. The van der Waals surface area contributed by atoms with Gasteiger partial charge in [-0.25, -0.2) is 19.2 Å². The molecule has 0 heterocycles. The Hall–Kier alpha value is -3.20. The third kappa shape index (κ3) is 15.1. The van der Waals surface area contributed by atoms with Crippen molar-refractivity contribution in [2.45, 2.75) is 32.6 Å². The monoisotopic (exact) mass is 398 g/mol. The number of carbonyl (C=O) groups excluding carboxylic acids is 1. The van der Waals surface area contributed by atoms with Crippen LogP contribution in [-0.4, -0.2) is 57.5 Å². The highest BCUT2D eigenvalue weighted by Crippen LogP contribution is 2.11. The normalized spacial score (nSPS) is 10.6. The van der Waals surface area contributed by atoms with Crippen molar-refractivity contribution in [3.05, 3.63) is 48.1 Å². The quantitative estimate of drug-likeness (QED) is 0.219. The lowest BCUT2D eigenvalue weighted by Crippen LogP contribution is -2.09. The van der Waals surface area contributed by atoms with E-state index in [-0.39, 0.29) is 36.4 Å². The summed E-state index contributed by atoms with van der Waals surface area (Å²) in [5, 5.41) is 33.8. The van der Waals surface area contributed by atoms with Gasteiger partial charge in [0, 0.05) is 17.2 Å². The van der Waals surface area contributed by atoms with Crippen LogP contribution in [0.2, 0.25) is 0 Å². The van der Waals surface area contributed by atoms with Gasteiger partial charge in [-0.2, -0.15) is 0 Å². The molecule has 0 aliphatic carbocycles. The molecule has 0 rings (SSSR count). The van der Waals surface area contributed by atoms with E-state index in [9.17, 15) is 19.2 Å². The van der Waals surface area contributed by atoms with Crippen LogP contribution in [0.4, 0.5) is 0 Å². The fraction of sp³-hybridized carbons (Fsp3) is 0.368. The van der Waals surface area contributed by atoms with E-state index in [1.54, 1.807) is 0 Å². The smallest absolute Gasteiger partial charge is 0.337 e. The van der Waals surface area contributed by atoms with E-state index >= 15 is 0 Å². The minimum absolute atomic E-state index is 0.00486. The van der Waals surface area contributed by atoms with Crippen molar-refractivity contribution in [3.8, 4) is 0 Å². The van der Waals surface area contributed by atoms with E-state index < -0.39 is 23.9 Å². The molecule has 0 saturated heterocycles. The van der Waals surface area contributed by atoms with Crippen molar-refractivity contribution >= 4 is 23.9 Å². The number of carboxylic acid groups (broad SMARTS) is 3. The summed E-state index contributed by atoms with van der Waals surface area (Å²) < 4.78 is 4.45. The first-order valence-electron chi connectivity index (χ1n) is 8.28. The maximum Gasteiger partial charge on any atom is 0.337 e. The van der Waals surface area contributed by atoms with Gasteiger partial charge in [0.05, 0.1) is 12.2 Å². The highest BCUT2D eigenvalue weighted by atomic mass is 16.5. The van der Waals surface area contributed by atoms with Gasteiger partial charge in [-0.1, -0.05) is 32.6 Å². The first-order valence-corrected chi connectivity index (χ1v) is 8.28. The van der Waals surface area contributed by atoms with Gasteiger partial charge in [0.25, 0.3) is 0 Å². The fourth-order valence-electron chi connectivity index (χ4n) is 1.47. The number of rotatable bonds is 12. The number of esters is 1. The zero-order valence-electron chi connectivity index (χ0n) is 15.7. The largest absolute Gasteiger partial charge is 0.478 e. The Balaban J connectivity index is 0. The highest BCUT2D eigenvalue weighted by molar-refractivity contribution is 5.93. The summed E-state index contributed by atoms with van der Waals surface area (Å²) >= 11 is 0. The van der Waals surface area contributed by atoms with Crippen LogP contribution in [0.3, 0.4) is 0 Å². The van der Waals surface area contributed by atoms with Crippen LogP contribution in [0.5, 0.6) is 0 Å². The number of hydrogen-bond donors (Lipinski definition) is 4. The Bertz CT molecular complexity index is 642. The van der Waals surface area contributed by atoms with Crippen molar-refractivity contribution in [1.82, 2.24) is 0 Å². The topological polar surface area (TPSA) is 158 Å². The fourth-order valence-corrected chi connectivity index (χ4v) is 1.47. The summed E-state index contributed by atoms with van der Waals surface area (Å²) in [7, 11) is 0. The number of unbranched alkanes of at least 4 members (excludes halogenated alkanes) is 1. The molecule has 9 nitrogen and oxygen atoms in total. The van der Waals surface area contributed by atoms with Gasteiger partial charge in [0.1, 0.15) is 6.61 Å². The van der Waals surface area contributed by atoms with Crippen molar-refractivity contribution in [2.24, 2.45) is 0 Å². The molecule has 0 aromatic carbocycles. The summed E-state index contributed by atoms with van der Waals surface area (Å²) in [6.07, 6.45) is 5.49. The van der Waals surface area contributed by atoms with E-state index in [0.717, 1.165) is 25.0 Å². The molecule has 0 aromatic heterocycles. The van der Waals surface area contributed by atoms with E-state index in [1.165, 1.54) is 6.08 Å². The zero-order chi connectivity index (χ0) is 22.1. The molecule has 0 aliphatic rings. The molecule has 0 amide bonds. The molecule has 0 saturated carbocycles. The van der Waals surface area contributed by atoms with Gasteiger partial charge in [-0.3, -0.25) is 0 Å². The van der Waals surface area contributed by atoms with E-state index in [4.69, 9.17) is 20.4 Å². The highest BCUT2D eigenvalue weighted by Gasteiger charge is 2.08. The molecule has 0 spiro atoms. The Kier molecular flexibility index (Phi) is 15.5. The minimum Gasteiger partial charge on any atom is -0.478 e. The number of aliphatic carboxylic acids is 3. The lowest BCUT2D eigenvalue weighted by Gasteiger charge is -2.01. The second-order valence-corrected chi connectivity index (χ2v) is 5.31. The average Bonchev–Trinajstić information content (AvgIpc) is 2.63. The van der Waals surface area contributed by atoms with Gasteiger partial charge in [0.2, 0.25) is 0 Å². The van der Waals surface area contributed by atoms with Gasteiger partial charge >= 0.3 is 23.9 Å². The molecule has 0 atom stereocenters. The lowest BCUT2D eigenvalue weighted by molar-refractivity contribution is -0.139. The first kappa shape index (κ1) is 27.0. The van der Waals surface area contributed by atoms with Gasteiger partial charge < -0.3 is 25.2 Å². The number of aliphatic hydroxyl groups excluding tert-OH is 1. The Labute approximate surface area is 162 Å². The van der Waals surface area contributed by atoms with Gasteiger partial charge in [-0.15, -0.1) is 0 Å². The summed E-state index contributed by atoms with van der Waals surface area (Å²) in [6.45, 7) is 8.17. The van der Waals surface area contributed by atoms with Crippen molar-refractivity contribution < 1.29 is 44.3 Å². The van der Waals surface area contributed by atoms with Crippen LogP contribution in [-0.2, 0) is 23.9 Å². The molecular formula is C19H26O9. The molecule has 0 aromatic rings. The van der Waals surface area contributed by atoms with Crippen molar-refractivity contribution in [1.29, 1.82) is 0 Å². The first-order chi connectivity index (χ1) is 13.1. The predicted octanol–water partition coefficient (Wildman–Crippen LogP) is 1.94. The summed E-state index contributed by atoms with van der Waals surface area (Å²) in [4.78, 5) is 42.0. The second-order valence-electron chi connectivity index (χ2n) is 5.31. The van der Waals surface area contributed by atoms with Crippen LogP contribution in [0.15, 0.2) is 48.1 Å². The lowest BCUT2D eigenvalue weighted by atomic mass is 10.1. The van der Waals surface area contributed by atoms with Crippen LogP contribution in [0.25, 0.3) is 0 Å². The summed E-state index contributed by atoms with van der Waals surface area (Å²) in [5.74, 6) is -3.99. The van der Waals surface area contributed by atoms with Crippen LogP contribution in [0, 0.1) is 0 Å². The Morgan fingerprint density at radius 3 is 2.04 bits per heavy atom. The molecule has 4 N–H and O–H groups in total. The van der Waals surface area contributed by atoms with Crippen LogP contribution < -0.4 is 0 Å². The molecule has 0 aliphatic heterocycles. The Morgan fingerprint density at radius 1 is 1.00 bits per heavy atom. The molecule has 9 heteroatoms. The molecule has 0 fully saturated rings. The summed E-state index contributed by atoms with van der Waals surface area (Å²) in [5.41, 5.74) is 0.195. The molecule has 156 valence electrons. The van der Waals surface area contributed by atoms with E-state index in [2.05, 4.69) is 17.9 Å². The van der Waals surface area contributed by atoms with Crippen molar-refractivity contribution in [3.63, 3.8) is 0 Å². The molecule has 0 unspecified atom stereocenters. The van der Waals surface area contributed by atoms with E-state index in [1.807, 2.05) is 6.92 Å². The van der Waals surface area contributed by atoms with Gasteiger partial charge in [-0.05, 0) is 25.3 Å². The molecular weight excluding hydrogens is 372 g/mol. The molecule has 28 heavy (non-hydrogen) atoms. The van der Waals surface area contributed by atoms with E-state index in [0.29, 0.717) is 6.42 Å². The van der Waals surface area contributed by atoms with Crippen LogP contribution >= 0.6 is 0 Å².